The van der Waals surface area contributed by atoms with E-state index in [1.54, 1.807) is 74.5 Å². The van der Waals surface area contributed by atoms with Crippen LogP contribution in [0.4, 0.5) is 23.5 Å². The lowest BCUT2D eigenvalue weighted by Gasteiger charge is -2.21. The van der Waals surface area contributed by atoms with Crippen molar-refractivity contribution >= 4 is 70.6 Å². The quantitative estimate of drug-likeness (QED) is 0.0730. The molecular formula is C42H40Cl2N8O10. The molecule has 2 aromatic heterocycles. The van der Waals surface area contributed by atoms with E-state index in [0.717, 1.165) is 11.1 Å². The Morgan fingerprint density at radius 3 is 1.10 bits per heavy atom. The lowest BCUT2D eigenvalue weighted by atomic mass is 10.0. The van der Waals surface area contributed by atoms with E-state index in [1.807, 2.05) is 0 Å². The zero-order chi connectivity index (χ0) is 45.7. The van der Waals surface area contributed by atoms with Crippen LogP contribution in [0.25, 0.3) is 22.3 Å². The Kier molecular flexibility index (Phi) is 16.6. The van der Waals surface area contributed by atoms with Crippen LogP contribution in [-0.2, 0) is 19.1 Å². The molecule has 0 saturated carbocycles. The van der Waals surface area contributed by atoms with Crippen LogP contribution >= 0.6 is 23.2 Å². The zero-order valence-corrected chi connectivity index (χ0v) is 34.3. The average Bonchev–Trinajstić information content (AvgIpc) is 3.23. The van der Waals surface area contributed by atoms with Gasteiger partial charge in [0.1, 0.15) is 11.6 Å². The second-order valence-corrected chi connectivity index (χ2v) is 13.8. The van der Waals surface area contributed by atoms with Crippen molar-refractivity contribution in [3.63, 3.8) is 0 Å². The molecule has 2 unspecified atom stereocenters. The summed E-state index contributed by atoms with van der Waals surface area (Å²) in [5, 5.41) is 39.2. The third-order valence-corrected chi connectivity index (χ3v) is 8.77. The summed E-state index contributed by atoms with van der Waals surface area (Å²) in [4.78, 5) is 62.7. The summed E-state index contributed by atoms with van der Waals surface area (Å²) in [6.45, 7) is 3.20. The van der Waals surface area contributed by atoms with Gasteiger partial charge in [-0.05, 0) is 73.5 Å². The minimum absolute atomic E-state index is 0.0253. The minimum Gasteiger partial charge on any atom is -0.478 e. The van der Waals surface area contributed by atoms with Crippen LogP contribution in [0.1, 0.15) is 58.2 Å². The number of hydrogen-bond donors (Lipinski definition) is 8. The summed E-state index contributed by atoms with van der Waals surface area (Å²) in [5.74, 6) is -5.08. The normalized spacial score (nSPS) is 12.4. The Hall–Kier alpha value is -7.38. The monoisotopic (exact) mass is 886 g/mol. The molecule has 20 heteroatoms. The van der Waals surface area contributed by atoms with E-state index in [9.17, 15) is 39.6 Å². The second kappa shape index (κ2) is 21.7. The van der Waals surface area contributed by atoms with Gasteiger partial charge in [0.15, 0.2) is 0 Å². The molecule has 322 valence electrons. The van der Waals surface area contributed by atoms with Crippen LogP contribution in [0.5, 0.6) is 0 Å². The predicted molar refractivity (Wildman–Crippen MR) is 230 cm³/mol. The second-order valence-electron chi connectivity index (χ2n) is 12.9. The fourth-order valence-corrected chi connectivity index (χ4v) is 5.71. The van der Waals surface area contributed by atoms with E-state index in [4.69, 9.17) is 55.6 Å². The number of anilines is 4. The molecular weight excluding hydrogens is 847 g/mol. The van der Waals surface area contributed by atoms with Gasteiger partial charge in [-0.1, -0.05) is 83.9 Å². The number of aliphatic carboxylic acids is 2. The van der Waals surface area contributed by atoms with E-state index in [2.05, 4.69) is 19.9 Å². The number of aliphatic hydroxyl groups is 2. The molecule has 2 heterocycles. The van der Waals surface area contributed by atoms with Crippen molar-refractivity contribution in [3.8, 4) is 22.3 Å². The van der Waals surface area contributed by atoms with E-state index >= 15 is 0 Å². The van der Waals surface area contributed by atoms with E-state index < -0.39 is 48.3 Å². The summed E-state index contributed by atoms with van der Waals surface area (Å²) in [5.41, 5.74) is 26.4. The zero-order valence-electron chi connectivity index (χ0n) is 32.8. The highest BCUT2D eigenvalue weighted by atomic mass is 35.5. The molecule has 0 fully saturated rings. The fraction of sp³-hybridized carbons (Fsp3) is 0.143. The molecule has 4 atom stereocenters. The number of aliphatic hydroxyl groups excluding tert-OH is 2. The van der Waals surface area contributed by atoms with Gasteiger partial charge in [0, 0.05) is 21.2 Å². The molecule has 0 spiro atoms. The van der Waals surface area contributed by atoms with Gasteiger partial charge < -0.3 is 52.8 Å². The van der Waals surface area contributed by atoms with E-state index in [1.165, 1.54) is 48.5 Å². The summed E-state index contributed by atoms with van der Waals surface area (Å²) < 4.78 is 9.52. The van der Waals surface area contributed by atoms with Crippen molar-refractivity contribution < 1.29 is 49.1 Å². The molecule has 0 aliphatic carbocycles. The molecule has 0 aliphatic heterocycles. The molecule has 0 bridgehead atoms. The first-order valence-corrected chi connectivity index (χ1v) is 18.8. The van der Waals surface area contributed by atoms with Gasteiger partial charge >= 0.3 is 23.9 Å². The van der Waals surface area contributed by atoms with E-state index in [0.29, 0.717) is 32.6 Å². The Morgan fingerprint density at radius 2 is 0.823 bits per heavy atom. The number of carboxylic acid groups (broad SMARTS) is 2. The predicted octanol–water partition coefficient (Wildman–Crippen LogP) is 5.64. The summed E-state index contributed by atoms with van der Waals surface area (Å²) >= 11 is 11.7. The Bertz CT molecular complexity index is 2320. The van der Waals surface area contributed by atoms with Gasteiger partial charge in [0.25, 0.3) is 0 Å². The van der Waals surface area contributed by atoms with Crippen LogP contribution < -0.4 is 22.9 Å². The maximum absolute atomic E-state index is 12.0. The molecule has 6 rings (SSSR count). The molecule has 0 saturated heterocycles. The van der Waals surface area contributed by atoms with Gasteiger partial charge in [-0.15, -0.1) is 0 Å². The number of benzene rings is 4. The number of nitrogen functional groups attached to an aromatic ring is 4. The average molecular weight is 888 g/mol. The third-order valence-electron chi connectivity index (χ3n) is 8.27. The topological polar surface area (TPSA) is 323 Å². The Labute approximate surface area is 363 Å². The van der Waals surface area contributed by atoms with Crippen molar-refractivity contribution in [1.29, 1.82) is 0 Å². The van der Waals surface area contributed by atoms with Gasteiger partial charge in [-0.3, -0.25) is 0 Å². The number of rotatable bonds is 11. The number of carboxylic acids is 2. The number of hydrogen-bond acceptors (Lipinski definition) is 16. The molecule has 0 aliphatic rings. The first-order chi connectivity index (χ1) is 29.4. The maximum Gasteiger partial charge on any atom is 0.349 e. The molecule has 12 N–H and O–H groups in total. The number of ether oxygens (including phenoxy) is 2. The third kappa shape index (κ3) is 12.8. The molecule has 4 aromatic carbocycles. The largest absolute Gasteiger partial charge is 0.478 e. The van der Waals surface area contributed by atoms with Crippen LogP contribution in [0.3, 0.4) is 0 Å². The first kappa shape index (κ1) is 47.3. The highest BCUT2D eigenvalue weighted by Crippen LogP contribution is 2.33. The minimum atomic E-state index is -2.21. The van der Waals surface area contributed by atoms with Gasteiger partial charge in [0.05, 0.1) is 34.7 Å². The maximum atomic E-state index is 12.0. The van der Waals surface area contributed by atoms with Crippen LogP contribution in [0, 0.1) is 0 Å². The van der Waals surface area contributed by atoms with Crippen molar-refractivity contribution in [1.82, 2.24) is 19.9 Å². The molecule has 0 amide bonds. The Morgan fingerprint density at radius 1 is 0.516 bits per heavy atom. The van der Waals surface area contributed by atoms with Crippen molar-refractivity contribution in [2.45, 2.75) is 38.3 Å². The van der Waals surface area contributed by atoms with Gasteiger partial charge in [0.2, 0.25) is 24.1 Å². The van der Waals surface area contributed by atoms with Gasteiger partial charge in [-0.2, -0.15) is 9.97 Å². The molecule has 6 aromatic rings. The van der Waals surface area contributed by atoms with Crippen molar-refractivity contribution in [2.24, 2.45) is 0 Å². The summed E-state index contributed by atoms with van der Waals surface area (Å²) in [6.07, 6.45) is -6.01. The van der Waals surface area contributed by atoms with Crippen molar-refractivity contribution in [2.75, 3.05) is 22.9 Å². The SMILES string of the molecule is CC(O)c1nc(N)nc(N)c1-c1ccc(Cl)cc1.CC(O)c1nc(N)nc(N)c1-c1ccc(Cl)cc1.O=C(O[C@H](C(=O)O)[C@H](OC(=O)c1ccccc1)C(=O)O)c1ccccc1. The number of aromatic nitrogens is 4. The van der Waals surface area contributed by atoms with Crippen LogP contribution in [0.2, 0.25) is 10.0 Å². The first-order valence-electron chi connectivity index (χ1n) is 18.1. The highest BCUT2D eigenvalue weighted by molar-refractivity contribution is 6.31. The van der Waals surface area contributed by atoms with E-state index in [-0.39, 0.29) is 34.7 Å². The number of carbonyl (C=O) groups is 4. The van der Waals surface area contributed by atoms with Crippen LogP contribution in [0.15, 0.2) is 109 Å². The fourth-order valence-electron chi connectivity index (χ4n) is 5.46. The number of carbonyl (C=O) groups excluding carboxylic acids is 2. The highest BCUT2D eigenvalue weighted by Gasteiger charge is 2.41. The number of halogens is 2. The lowest BCUT2D eigenvalue weighted by Crippen LogP contribution is -2.45. The van der Waals surface area contributed by atoms with Crippen LogP contribution in [-0.4, -0.2) is 76.4 Å². The Balaban J connectivity index is 0.000000210. The molecule has 0 radical (unpaired) electrons. The molecule has 62 heavy (non-hydrogen) atoms. The summed E-state index contributed by atoms with van der Waals surface area (Å²) in [7, 11) is 0. The van der Waals surface area contributed by atoms with Gasteiger partial charge in [-0.25, -0.2) is 29.1 Å². The summed E-state index contributed by atoms with van der Waals surface area (Å²) in [6, 6.07) is 28.9. The number of nitrogens with zero attached hydrogens (tertiary/aromatic N) is 4. The number of nitrogens with two attached hydrogens (primary N) is 4. The number of esters is 2. The smallest absolute Gasteiger partial charge is 0.349 e. The van der Waals surface area contributed by atoms with Crippen molar-refractivity contribution in [3.05, 3.63) is 142 Å². The molecule has 18 nitrogen and oxygen atoms in total. The standard InChI is InChI=1S/C18H14O8.2C12H13ClN4O/c19-15(20)13(25-17(23)11-7-3-1-4-8-11)14(16(21)22)26-18(24)12-9-5-2-6-10-12;2*1-6(18)10-9(11(14)17-12(15)16-10)7-2-4-8(13)5-3-7/h1-10,13-14H,(H,19,20)(H,21,22);2*2-6,18H,1H3,(H4,14,15,16,17)/t13-,14-;;/m0../s1. The lowest BCUT2D eigenvalue weighted by molar-refractivity contribution is -0.166.